The number of rotatable bonds is 10. The molecule has 0 bridgehead atoms. The zero-order valence-corrected chi connectivity index (χ0v) is 16.2. The van der Waals surface area contributed by atoms with Crippen molar-refractivity contribution in [2.75, 3.05) is 11.9 Å². The van der Waals surface area contributed by atoms with Crippen LogP contribution in [0.15, 0.2) is 18.2 Å². The average Bonchev–Trinajstić information content (AvgIpc) is 2.96. The third kappa shape index (κ3) is 6.02. The summed E-state index contributed by atoms with van der Waals surface area (Å²) < 4.78 is 0. The quantitative estimate of drug-likeness (QED) is 0.194. The van der Waals surface area contributed by atoms with Crippen LogP contribution in [0.2, 0.25) is 0 Å². The number of nitrogens with zero attached hydrogens (tertiary/aromatic N) is 2. The maximum Gasteiger partial charge on any atom is 0.333 e. The van der Waals surface area contributed by atoms with Gasteiger partial charge in [0.25, 0.3) is 17.5 Å². The molecular formula is C17H20BrN3O6. The topological polar surface area (TPSA) is 119 Å². The first-order chi connectivity index (χ1) is 12.9. The molecule has 1 fully saturated rings. The van der Waals surface area contributed by atoms with Crippen molar-refractivity contribution >= 4 is 45.1 Å². The number of imide groups is 1. The first kappa shape index (κ1) is 20.8. The van der Waals surface area contributed by atoms with E-state index < -0.39 is 22.7 Å². The second kappa shape index (κ2) is 10.0. The number of anilines is 1. The zero-order chi connectivity index (χ0) is 19.8. The van der Waals surface area contributed by atoms with Gasteiger partial charge in [0, 0.05) is 48.5 Å². The fourth-order valence-electron chi connectivity index (χ4n) is 2.57. The normalized spacial score (nSPS) is 13.7. The van der Waals surface area contributed by atoms with Gasteiger partial charge in [-0.15, -0.1) is 5.06 Å². The first-order valence-electron chi connectivity index (χ1n) is 8.56. The van der Waals surface area contributed by atoms with E-state index in [1.807, 2.05) is 0 Å². The molecule has 1 aromatic carbocycles. The Bertz CT molecular complexity index is 723. The lowest BCUT2D eigenvalue weighted by molar-refractivity contribution is -0.385. The monoisotopic (exact) mass is 441 g/mol. The van der Waals surface area contributed by atoms with Gasteiger partial charge in [0.15, 0.2) is 0 Å². The molecule has 0 spiro atoms. The number of benzene rings is 1. The summed E-state index contributed by atoms with van der Waals surface area (Å²) in [5, 5.41) is 15.1. The fraction of sp³-hybridized carbons (Fsp3) is 0.471. The number of halogens is 1. The summed E-state index contributed by atoms with van der Waals surface area (Å²) in [4.78, 5) is 49.8. The molecule has 1 aliphatic heterocycles. The van der Waals surface area contributed by atoms with Crippen molar-refractivity contribution in [3.8, 4) is 0 Å². The van der Waals surface area contributed by atoms with Crippen LogP contribution in [0.1, 0.15) is 44.1 Å². The molecule has 0 saturated carbocycles. The highest BCUT2D eigenvalue weighted by Crippen LogP contribution is 2.25. The van der Waals surface area contributed by atoms with Gasteiger partial charge < -0.3 is 10.2 Å². The van der Waals surface area contributed by atoms with Gasteiger partial charge in [-0.2, -0.15) is 0 Å². The first-order valence-corrected chi connectivity index (χ1v) is 9.68. The maximum atomic E-state index is 11.7. The van der Waals surface area contributed by atoms with Crippen molar-refractivity contribution in [3.05, 3.63) is 33.9 Å². The lowest BCUT2D eigenvalue weighted by Gasteiger charge is -2.12. The summed E-state index contributed by atoms with van der Waals surface area (Å²) in [5.41, 5.74) is 1.33. The lowest BCUT2D eigenvalue weighted by atomic mass is 10.1. The summed E-state index contributed by atoms with van der Waals surface area (Å²) in [6.07, 6.45) is 2.30. The average molecular weight is 442 g/mol. The number of carbonyl (C=O) groups is 3. The molecule has 0 aromatic heterocycles. The summed E-state index contributed by atoms with van der Waals surface area (Å²) in [7, 11) is 0. The molecule has 146 valence electrons. The van der Waals surface area contributed by atoms with Gasteiger partial charge >= 0.3 is 5.97 Å². The minimum Gasteiger partial charge on any atom is -0.385 e. The summed E-state index contributed by atoms with van der Waals surface area (Å²) in [5.74, 6) is -1.58. The number of carbonyl (C=O) groups excluding carboxylic acids is 3. The molecule has 2 amide bonds. The Morgan fingerprint density at radius 1 is 1.22 bits per heavy atom. The van der Waals surface area contributed by atoms with Crippen LogP contribution in [-0.2, 0) is 24.6 Å². The molecule has 10 heteroatoms. The smallest absolute Gasteiger partial charge is 0.333 e. The zero-order valence-electron chi connectivity index (χ0n) is 14.6. The van der Waals surface area contributed by atoms with E-state index in [0.29, 0.717) is 34.6 Å². The minimum absolute atomic E-state index is 0.0608. The Morgan fingerprint density at radius 2 is 1.93 bits per heavy atom. The molecule has 2 rings (SSSR count). The predicted molar refractivity (Wildman–Crippen MR) is 99.9 cm³/mol. The summed E-state index contributed by atoms with van der Waals surface area (Å²) in [6, 6.07) is 4.98. The van der Waals surface area contributed by atoms with E-state index in [0.717, 1.165) is 12.8 Å². The van der Waals surface area contributed by atoms with Gasteiger partial charge in [-0.1, -0.05) is 22.4 Å². The SMILES string of the molecule is O=C(CCCCCNc1ccc(CBr)c([N+](=O)[O-])c1)ON1C(=O)CCC1=O. The number of hydrogen-bond acceptors (Lipinski definition) is 7. The predicted octanol–water partition coefficient (Wildman–Crippen LogP) is 3.07. The Morgan fingerprint density at radius 3 is 2.56 bits per heavy atom. The van der Waals surface area contributed by atoms with Gasteiger partial charge in [-0.3, -0.25) is 19.7 Å². The van der Waals surface area contributed by atoms with Crippen LogP contribution in [-0.4, -0.2) is 34.3 Å². The van der Waals surface area contributed by atoms with Crippen LogP contribution >= 0.6 is 15.9 Å². The van der Waals surface area contributed by atoms with Crippen LogP contribution in [0.5, 0.6) is 0 Å². The summed E-state index contributed by atoms with van der Waals surface area (Å²) >= 11 is 3.22. The number of nitro groups is 1. The molecule has 1 aliphatic rings. The molecule has 0 radical (unpaired) electrons. The molecule has 1 heterocycles. The largest absolute Gasteiger partial charge is 0.385 e. The van der Waals surface area contributed by atoms with Crippen LogP contribution in [0.25, 0.3) is 0 Å². The molecule has 27 heavy (non-hydrogen) atoms. The number of unbranched alkanes of at least 4 members (excludes halogenated alkanes) is 2. The molecule has 0 unspecified atom stereocenters. The standard InChI is InChI=1S/C17H20BrN3O6/c18-11-12-5-6-13(10-14(12)21(25)26)19-9-3-1-2-4-17(24)27-20-15(22)7-8-16(20)23/h5-6,10,19H,1-4,7-9,11H2. The van der Waals surface area contributed by atoms with Crippen molar-refractivity contribution in [3.63, 3.8) is 0 Å². The van der Waals surface area contributed by atoms with Gasteiger partial charge in [-0.05, 0) is 25.0 Å². The van der Waals surface area contributed by atoms with Gasteiger partial charge in [-0.25, -0.2) is 4.79 Å². The van der Waals surface area contributed by atoms with Gasteiger partial charge in [0.1, 0.15) is 0 Å². The van der Waals surface area contributed by atoms with Crippen LogP contribution in [0.3, 0.4) is 0 Å². The second-order valence-corrected chi connectivity index (χ2v) is 6.58. The van der Waals surface area contributed by atoms with Crippen molar-refractivity contribution in [2.24, 2.45) is 0 Å². The second-order valence-electron chi connectivity index (χ2n) is 6.02. The van der Waals surface area contributed by atoms with Crippen molar-refractivity contribution in [1.29, 1.82) is 0 Å². The third-order valence-electron chi connectivity index (χ3n) is 4.01. The number of amides is 2. The minimum atomic E-state index is -0.604. The van der Waals surface area contributed by atoms with Crippen molar-refractivity contribution in [2.45, 2.75) is 43.9 Å². The molecule has 0 aliphatic carbocycles. The van der Waals surface area contributed by atoms with E-state index in [1.165, 1.54) is 6.07 Å². The molecule has 1 saturated heterocycles. The fourth-order valence-corrected chi connectivity index (χ4v) is 3.04. The van der Waals surface area contributed by atoms with Gasteiger partial charge in [0.05, 0.1) is 4.92 Å². The van der Waals surface area contributed by atoms with Gasteiger partial charge in [0.2, 0.25) is 0 Å². The third-order valence-corrected chi connectivity index (χ3v) is 4.62. The lowest BCUT2D eigenvalue weighted by Crippen LogP contribution is -2.31. The van der Waals surface area contributed by atoms with E-state index in [1.54, 1.807) is 12.1 Å². The van der Waals surface area contributed by atoms with E-state index in [2.05, 4.69) is 21.2 Å². The molecule has 0 atom stereocenters. The molecule has 1 N–H and O–H groups in total. The highest BCUT2D eigenvalue weighted by atomic mass is 79.9. The summed E-state index contributed by atoms with van der Waals surface area (Å²) in [6.45, 7) is 0.600. The van der Waals surface area contributed by atoms with Crippen LogP contribution in [0, 0.1) is 10.1 Å². The number of alkyl halides is 1. The number of hydroxylamine groups is 2. The highest BCUT2D eigenvalue weighted by Gasteiger charge is 2.32. The Hall–Kier alpha value is -2.49. The number of hydrogen-bond donors (Lipinski definition) is 1. The van der Waals surface area contributed by atoms with Crippen LogP contribution < -0.4 is 5.32 Å². The van der Waals surface area contributed by atoms with E-state index >= 15 is 0 Å². The van der Waals surface area contributed by atoms with E-state index in [9.17, 15) is 24.5 Å². The molecular weight excluding hydrogens is 422 g/mol. The Labute approximate surface area is 164 Å². The molecule has 1 aromatic rings. The maximum absolute atomic E-state index is 11.7. The Balaban J connectivity index is 1.65. The van der Waals surface area contributed by atoms with E-state index in [-0.39, 0.29) is 24.9 Å². The molecule has 9 nitrogen and oxygen atoms in total. The van der Waals surface area contributed by atoms with E-state index in [4.69, 9.17) is 4.84 Å². The Kier molecular flexibility index (Phi) is 7.71. The van der Waals surface area contributed by atoms with Crippen molar-refractivity contribution < 1.29 is 24.1 Å². The van der Waals surface area contributed by atoms with Crippen LogP contribution in [0.4, 0.5) is 11.4 Å². The number of nitrogens with one attached hydrogen (secondary N) is 1. The highest BCUT2D eigenvalue weighted by molar-refractivity contribution is 9.08. The number of nitro benzene ring substituents is 1. The van der Waals surface area contributed by atoms with Crippen molar-refractivity contribution in [1.82, 2.24) is 5.06 Å².